The summed E-state index contributed by atoms with van der Waals surface area (Å²) in [6.45, 7) is 4.83. The fourth-order valence-corrected chi connectivity index (χ4v) is 3.43. The third-order valence-corrected chi connectivity index (χ3v) is 4.49. The SMILES string of the molecule is Cc1noc(C)c1S(=O)(=O)NC(C)c1ncnn1C. The molecule has 0 aliphatic rings. The van der Waals surface area contributed by atoms with Crippen LogP contribution < -0.4 is 4.72 Å². The van der Waals surface area contributed by atoms with Crippen molar-refractivity contribution in [3.8, 4) is 0 Å². The van der Waals surface area contributed by atoms with Crippen LogP contribution in [0.4, 0.5) is 0 Å². The maximum absolute atomic E-state index is 12.3. The fourth-order valence-electron chi connectivity index (χ4n) is 1.90. The number of sulfonamides is 1. The number of hydrogen-bond acceptors (Lipinski definition) is 6. The molecule has 0 spiro atoms. The van der Waals surface area contributed by atoms with Crippen molar-refractivity contribution < 1.29 is 12.9 Å². The Morgan fingerprint density at radius 1 is 1.42 bits per heavy atom. The van der Waals surface area contributed by atoms with Crippen molar-refractivity contribution in [1.29, 1.82) is 0 Å². The van der Waals surface area contributed by atoms with Crippen molar-refractivity contribution in [2.24, 2.45) is 7.05 Å². The van der Waals surface area contributed by atoms with Gasteiger partial charge in [0.1, 0.15) is 22.7 Å². The second-order valence-corrected chi connectivity index (χ2v) is 5.89. The molecule has 0 aliphatic carbocycles. The van der Waals surface area contributed by atoms with Gasteiger partial charge in [-0.15, -0.1) is 0 Å². The molecule has 0 fully saturated rings. The molecular formula is C10H15N5O3S. The highest BCUT2D eigenvalue weighted by molar-refractivity contribution is 7.89. The smallest absolute Gasteiger partial charge is 0.246 e. The van der Waals surface area contributed by atoms with Gasteiger partial charge in [-0.2, -0.15) is 5.10 Å². The lowest BCUT2D eigenvalue weighted by atomic mass is 10.3. The third-order valence-electron chi connectivity index (χ3n) is 2.70. The Balaban J connectivity index is 2.31. The van der Waals surface area contributed by atoms with E-state index in [1.54, 1.807) is 27.8 Å². The summed E-state index contributed by atoms with van der Waals surface area (Å²) in [4.78, 5) is 4.08. The lowest BCUT2D eigenvalue weighted by molar-refractivity contribution is 0.390. The van der Waals surface area contributed by atoms with E-state index >= 15 is 0 Å². The first-order chi connectivity index (χ1) is 8.83. The van der Waals surface area contributed by atoms with Gasteiger partial charge in [0.25, 0.3) is 0 Å². The van der Waals surface area contributed by atoms with Crippen LogP contribution in [0.2, 0.25) is 0 Å². The van der Waals surface area contributed by atoms with Gasteiger partial charge in [0.05, 0.1) is 6.04 Å². The van der Waals surface area contributed by atoms with Crippen LogP contribution in [0.5, 0.6) is 0 Å². The molecule has 0 radical (unpaired) electrons. The summed E-state index contributed by atoms with van der Waals surface area (Å²) in [5.74, 6) is 0.783. The van der Waals surface area contributed by atoms with Gasteiger partial charge in [-0.25, -0.2) is 18.1 Å². The van der Waals surface area contributed by atoms with E-state index in [1.807, 2.05) is 0 Å². The van der Waals surface area contributed by atoms with E-state index in [4.69, 9.17) is 4.52 Å². The molecule has 2 aromatic heterocycles. The molecule has 2 rings (SSSR count). The Bertz CT molecular complexity index is 668. The van der Waals surface area contributed by atoms with Crippen molar-refractivity contribution in [2.75, 3.05) is 0 Å². The third kappa shape index (κ3) is 2.51. The Kier molecular flexibility index (Phi) is 3.42. The molecule has 19 heavy (non-hydrogen) atoms. The fraction of sp³-hybridized carbons (Fsp3) is 0.500. The minimum atomic E-state index is -3.71. The van der Waals surface area contributed by atoms with Gasteiger partial charge in [-0.1, -0.05) is 5.16 Å². The molecule has 0 amide bonds. The number of aryl methyl sites for hydroxylation is 3. The van der Waals surface area contributed by atoms with Gasteiger partial charge < -0.3 is 4.52 Å². The molecule has 0 aliphatic heterocycles. The van der Waals surface area contributed by atoms with Crippen molar-refractivity contribution in [3.63, 3.8) is 0 Å². The highest BCUT2D eigenvalue weighted by Gasteiger charge is 2.27. The maximum atomic E-state index is 12.3. The first-order valence-electron chi connectivity index (χ1n) is 5.62. The van der Waals surface area contributed by atoms with Crippen LogP contribution in [0, 0.1) is 13.8 Å². The van der Waals surface area contributed by atoms with Crippen LogP contribution in [0.25, 0.3) is 0 Å². The summed E-state index contributed by atoms with van der Waals surface area (Å²) in [5.41, 5.74) is 0.329. The summed E-state index contributed by atoms with van der Waals surface area (Å²) in [6, 6.07) is -0.508. The lowest BCUT2D eigenvalue weighted by Crippen LogP contribution is -2.29. The molecule has 0 bridgehead atoms. The average Bonchev–Trinajstić information content (AvgIpc) is 2.84. The highest BCUT2D eigenvalue weighted by Crippen LogP contribution is 2.21. The number of nitrogens with zero attached hydrogens (tertiary/aromatic N) is 4. The summed E-state index contributed by atoms with van der Waals surface area (Å²) in [7, 11) is -2.01. The van der Waals surface area contributed by atoms with Crippen molar-refractivity contribution in [1.82, 2.24) is 24.6 Å². The molecule has 104 valence electrons. The summed E-state index contributed by atoms with van der Waals surface area (Å²) in [6.07, 6.45) is 1.37. The molecule has 1 unspecified atom stereocenters. The zero-order chi connectivity index (χ0) is 14.2. The minimum Gasteiger partial charge on any atom is -0.360 e. The van der Waals surface area contributed by atoms with Gasteiger partial charge >= 0.3 is 0 Å². The van der Waals surface area contributed by atoms with E-state index in [1.165, 1.54) is 11.0 Å². The van der Waals surface area contributed by atoms with Gasteiger partial charge in [-0.3, -0.25) is 4.68 Å². The number of aromatic nitrogens is 4. The highest BCUT2D eigenvalue weighted by atomic mass is 32.2. The Morgan fingerprint density at radius 3 is 2.58 bits per heavy atom. The van der Waals surface area contributed by atoms with Gasteiger partial charge in [-0.05, 0) is 20.8 Å². The van der Waals surface area contributed by atoms with Crippen molar-refractivity contribution >= 4 is 10.0 Å². The van der Waals surface area contributed by atoms with Crippen LogP contribution in [0.3, 0.4) is 0 Å². The predicted octanol–water partition coefficient (Wildman–Crippen LogP) is 0.459. The van der Waals surface area contributed by atoms with Crippen LogP contribution in [0.15, 0.2) is 15.7 Å². The normalized spacial score (nSPS) is 13.7. The van der Waals surface area contributed by atoms with Crippen molar-refractivity contribution in [2.45, 2.75) is 31.7 Å². The van der Waals surface area contributed by atoms with Crippen molar-refractivity contribution in [3.05, 3.63) is 23.6 Å². The van der Waals surface area contributed by atoms with E-state index in [0.717, 1.165) is 0 Å². The number of rotatable bonds is 4. The lowest BCUT2D eigenvalue weighted by Gasteiger charge is -2.13. The summed E-state index contributed by atoms with van der Waals surface area (Å²) < 4.78 is 33.5. The van der Waals surface area contributed by atoms with E-state index in [-0.39, 0.29) is 10.7 Å². The Labute approximate surface area is 110 Å². The molecule has 2 aromatic rings. The quantitative estimate of drug-likeness (QED) is 0.875. The molecule has 0 saturated carbocycles. The number of nitrogens with one attached hydrogen (secondary N) is 1. The molecule has 0 aromatic carbocycles. The zero-order valence-corrected chi connectivity index (χ0v) is 11.9. The second-order valence-electron chi connectivity index (χ2n) is 4.24. The Morgan fingerprint density at radius 2 is 2.11 bits per heavy atom. The van der Waals surface area contributed by atoms with Crippen LogP contribution in [-0.2, 0) is 17.1 Å². The molecule has 1 N–H and O–H groups in total. The topological polar surface area (TPSA) is 103 Å². The van der Waals surface area contributed by atoms with Gasteiger partial charge in [0.15, 0.2) is 5.76 Å². The largest absolute Gasteiger partial charge is 0.360 e. The maximum Gasteiger partial charge on any atom is 0.246 e. The summed E-state index contributed by atoms with van der Waals surface area (Å²) >= 11 is 0. The monoisotopic (exact) mass is 285 g/mol. The predicted molar refractivity (Wildman–Crippen MR) is 65.7 cm³/mol. The molecule has 9 heteroatoms. The first-order valence-corrected chi connectivity index (χ1v) is 7.10. The molecule has 1 atom stereocenters. The van der Waals surface area contributed by atoms with E-state index in [2.05, 4.69) is 20.0 Å². The van der Waals surface area contributed by atoms with Gasteiger partial charge in [0.2, 0.25) is 10.0 Å². The standard InChI is InChI=1S/C10H15N5O3S/c1-6-9(8(3)18-13-6)19(16,17)14-7(2)10-11-5-12-15(10)4/h5,7,14H,1-4H3. The molecule has 8 nitrogen and oxygen atoms in total. The van der Waals surface area contributed by atoms with Crippen LogP contribution in [-0.4, -0.2) is 28.3 Å². The van der Waals surface area contributed by atoms with E-state index in [9.17, 15) is 8.42 Å². The van der Waals surface area contributed by atoms with E-state index < -0.39 is 16.1 Å². The average molecular weight is 285 g/mol. The summed E-state index contributed by atoms with van der Waals surface area (Å²) in [5, 5.41) is 7.55. The molecule has 2 heterocycles. The second kappa shape index (κ2) is 4.74. The van der Waals surface area contributed by atoms with Crippen LogP contribution in [0.1, 0.15) is 30.2 Å². The minimum absolute atomic E-state index is 0.0709. The van der Waals surface area contributed by atoms with Gasteiger partial charge in [0, 0.05) is 7.05 Å². The Hall–Kier alpha value is -1.74. The molecule has 0 saturated heterocycles. The van der Waals surface area contributed by atoms with E-state index in [0.29, 0.717) is 11.5 Å². The zero-order valence-electron chi connectivity index (χ0n) is 11.1. The molecular weight excluding hydrogens is 270 g/mol. The number of hydrogen-bond donors (Lipinski definition) is 1. The first kappa shape index (κ1) is 13.7. The van der Waals surface area contributed by atoms with Crippen LogP contribution >= 0.6 is 0 Å².